The van der Waals surface area contributed by atoms with Crippen molar-refractivity contribution in [3.05, 3.63) is 0 Å². The Bertz CT molecular complexity index is 2010. The zero-order valence-corrected chi connectivity index (χ0v) is 44.8. The molecule has 6 aliphatic rings. The normalized spacial score (nSPS) is 46.4. The Kier molecular flexibility index (Phi) is 26.4. The summed E-state index contributed by atoms with van der Waals surface area (Å²) >= 11 is 0. The van der Waals surface area contributed by atoms with E-state index in [-0.39, 0.29) is 0 Å². The summed E-state index contributed by atoms with van der Waals surface area (Å²) in [4.78, 5) is 24.5. The largest absolute Gasteiger partial charge is 0.394 e. The van der Waals surface area contributed by atoms with Crippen molar-refractivity contribution in [1.29, 1.82) is 0 Å². The maximum Gasteiger partial charge on any atom is 0.217 e. The van der Waals surface area contributed by atoms with Crippen LogP contribution in [0.4, 0.5) is 0 Å². The SMILES string of the molecule is CC(=O)N[C@@H](CO)[C@@H](O)[C@H](OC1O[C@H](CO)[C@@H](OC2O[C@H](COC3O[C@H](COC4O[C@H](CO)[C@@H](O)[C@H](O)[C@@H]4O)[C@@H](O)[C@H](O)[C@@H]3O)[C@@H](O)[C@H](OC3O[C@H](CO)[C@@H](O)[C@H](O)[C@@H]3OC3O[C@H](CO)[C@@H](O)[C@H](O)[C@@H]3O)[C@@H]2O)[C@H](O)[C@H]1NC(C)=O)[C@H](O)CO. The fraction of sp³-hybridized carbons (Fsp3) is 0.957. The maximum atomic E-state index is 12.7. The summed E-state index contributed by atoms with van der Waals surface area (Å²) in [6.07, 6.45) is -64.7. The van der Waals surface area contributed by atoms with E-state index < -0.39 is 273 Å². The molecule has 0 aromatic heterocycles. The third-order valence-electron chi connectivity index (χ3n) is 15.0. The van der Waals surface area contributed by atoms with Crippen molar-refractivity contribution in [1.82, 2.24) is 10.6 Å². The molecule has 6 aliphatic heterocycles. The van der Waals surface area contributed by atoms with Crippen LogP contribution in [0.1, 0.15) is 13.8 Å². The molecule has 0 aromatic carbocycles. The molecule has 6 rings (SSSR count). The zero-order chi connectivity index (χ0) is 62.3. The lowest BCUT2D eigenvalue weighted by atomic mass is 9.94. The molecule has 0 radical (unpaired) electrons. The van der Waals surface area contributed by atoms with Crippen LogP contribution in [0, 0.1) is 0 Å². The molecular weight excluding hydrogens is 1160 g/mol. The summed E-state index contributed by atoms with van der Waals surface area (Å²) < 4.78 is 68.7. The number of aliphatic hydroxyl groups is 22. The van der Waals surface area contributed by atoms with Gasteiger partial charge in [0.1, 0.15) is 165 Å². The molecule has 6 saturated heterocycles. The van der Waals surface area contributed by atoms with E-state index in [1.165, 1.54) is 0 Å². The van der Waals surface area contributed by atoms with Crippen molar-refractivity contribution in [2.24, 2.45) is 0 Å². The van der Waals surface area contributed by atoms with Gasteiger partial charge in [0, 0.05) is 13.8 Å². The van der Waals surface area contributed by atoms with Gasteiger partial charge in [-0.2, -0.15) is 0 Å². The second-order valence-electron chi connectivity index (χ2n) is 20.9. The van der Waals surface area contributed by atoms with Gasteiger partial charge in [0.2, 0.25) is 11.8 Å². The van der Waals surface area contributed by atoms with Crippen LogP contribution >= 0.6 is 0 Å². The monoisotopic (exact) mass is 1240 g/mol. The van der Waals surface area contributed by atoms with Crippen molar-refractivity contribution < 1.29 is 179 Å². The van der Waals surface area contributed by atoms with Crippen LogP contribution in [0.15, 0.2) is 0 Å². The number of carbonyl (C=O) groups excluding carboxylic acids is 2. The van der Waals surface area contributed by atoms with Gasteiger partial charge >= 0.3 is 0 Å². The Hall–Kier alpha value is -2.42. The number of hydrogen-bond acceptors (Lipinski definition) is 36. The number of nitrogens with one attached hydrogen (secondary N) is 2. The van der Waals surface area contributed by atoms with Crippen LogP contribution in [0.2, 0.25) is 0 Å². The van der Waals surface area contributed by atoms with E-state index in [0.29, 0.717) is 0 Å². The molecule has 490 valence electrons. The first-order chi connectivity index (χ1) is 39.7. The lowest BCUT2D eigenvalue weighted by Crippen LogP contribution is -2.69. The van der Waals surface area contributed by atoms with Crippen LogP contribution in [0.5, 0.6) is 0 Å². The van der Waals surface area contributed by atoms with Crippen molar-refractivity contribution >= 4 is 11.8 Å². The Morgan fingerprint density at radius 2 is 0.810 bits per heavy atom. The Labute approximate surface area is 475 Å². The minimum absolute atomic E-state index is 0.768. The van der Waals surface area contributed by atoms with Gasteiger partial charge in [-0.1, -0.05) is 0 Å². The van der Waals surface area contributed by atoms with E-state index in [1.54, 1.807) is 0 Å². The molecule has 24 N–H and O–H groups in total. The highest BCUT2D eigenvalue weighted by Gasteiger charge is 2.58. The van der Waals surface area contributed by atoms with Gasteiger partial charge < -0.3 is 180 Å². The Morgan fingerprint density at radius 3 is 1.30 bits per heavy atom. The van der Waals surface area contributed by atoms with Crippen molar-refractivity contribution in [2.45, 2.75) is 222 Å². The molecule has 0 spiro atoms. The lowest BCUT2D eigenvalue weighted by molar-refractivity contribution is -0.397. The first-order valence-electron chi connectivity index (χ1n) is 26.5. The number of aliphatic hydroxyl groups excluding tert-OH is 22. The van der Waals surface area contributed by atoms with Crippen LogP contribution in [0.3, 0.4) is 0 Å². The predicted octanol–water partition coefficient (Wildman–Crippen LogP) is -16.4. The molecule has 0 aromatic rings. The van der Waals surface area contributed by atoms with Gasteiger partial charge in [-0.25, -0.2) is 0 Å². The summed E-state index contributed by atoms with van der Waals surface area (Å²) in [7, 11) is 0. The smallest absolute Gasteiger partial charge is 0.217 e. The van der Waals surface area contributed by atoms with E-state index in [4.69, 9.17) is 56.8 Å². The molecule has 0 bridgehead atoms. The van der Waals surface area contributed by atoms with Crippen LogP contribution in [-0.2, 0) is 66.4 Å². The molecule has 6 heterocycles. The van der Waals surface area contributed by atoms with Gasteiger partial charge in [-0.3, -0.25) is 9.59 Å². The van der Waals surface area contributed by atoms with Crippen molar-refractivity contribution in [3.63, 3.8) is 0 Å². The van der Waals surface area contributed by atoms with E-state index in [2.05, 4.69) is 10.6 Å². The Morgan fingerprint density at radius 1 is 0.405 bits per heavy atom. The topological polar surface area (TPSA) is 614 Å². The molecule has 38 nitrogen and oxygen atoms in total. The second-order valence-corrected chi connectivity index (χ2v) is 20.9. The summed E-state index contributed by atoms with van der Waals surface area (Å²) in [5.41, 5.74) is 0. The second kappa shape index (κ2) is 31.4. The van der Waals surface area contributed by atoms with Gasteiger partial charge in [-0.05, 0) is 0 Å². The quantitative estimate of drug-likeness (QED) is 0.0404. The maximum absolute atomic E-state index is 12.7. The third kappa shape index (κ3) is 15.9. The highest BCUT2D eigenvalue weighted by molar-refractivity contribution is 5.73. The van der Waals surface area contributed by atoms with E-state index in [9.17, 15) is 122 Å². The number of amides is 2. The molecule has 0 saturated carbocycles. The highest BCUT2D eigenvalue weighted by atomic mass is 16.8. The lowest BCUT2D eigenvalue weighted by Gasteiger charge is -2.50. The minimum atomic E-state index is -2.43. The number of hydrogen-bond donors (Lipinski definition) is 24. The van der Waals surface area contributed by atoms with Crippen LogP contribution in [-0.4, -0.2) is 386 Å². The summed E-state index contributed by atoms with van der Waals surface area (Å²) in [5.74, 6) is -1.68. The molecule has 0 aliphatic carbocycles. The summed E-state index contributed by atoms with van der Waals surface area (Å²) in [5, 5.41) is 240. The standard InChI is InChI=1S/C46H80N2O36/c1-11(55)47-13(3-49)22(58)37(14(57)4-50)81-41-21(48-12(2)56)28(64)38(18(8-54)78-41)82-45-36(72)39(83-46-40(32(68)25(61)17(7-53)77-46)84-44-35(71)30(66)24(60)16(6-52)76-44)27(63)20(80-45)10-74-43-34(70)31(67)26(62)19(79-43)9-73-42-33(69)29(65)23(59)15(5-51)75-42/h13-46,49-54,57-72H,3-10H2,1-2H3,(H,47,55)(H,48,56)/t13-,14+,15+,16+,17+,18+,19+,20+,21+,22+,23+,24+,25+,26+,27+,28+,29-,30-,31-,32-,33-,34-,35-,36-,37+,38+,39-,40-,41?,42?,43?,44?,45?,46?/m0/s1. The zero-order valence-electron chi connectivity index (χ0n) is 44.8. The molecule has 6 unspecified atom stereocenters. The van der Waals surface area contributed by atoms with Gasteiger partial charge in [0.25, 0.3) is 0 Å². The number of ether oxygens (including phenoxy) is 12. The molecule has 2 amide bonds. The van der Waals surface area contributed by atoms with E-state index in [1.807, 2.05) is 0 Å². The highest BCUT2D eigenvalue weighted by Crippen LogP contribution is 2.37. The molecule has 34 atom stereocenters. The molecule has 6 fully saturated rings. The van der Waals surface area contributed by atoms with Crippen LogP contribution in [0.25, 0.3) is 0 Å². The average molecular weight is 1240 g/mol. The Balaban J connectivity index is 1.31. The number of carbonyl (C=O) groups is 2. The predicted molar refractivity (Wildman–Crippen MR) is 257 cm³/mol. The average Bonchev–Trinajstić information content (AvgIpc) is 2.46. The van der Waals surface area contributed by atoms with Crippen molar-refractivity contribution in [3.8, 4) is 0 Å². The van der Waals surface area contributed by atoms with Gasteiger partial charge in [-0.15, -0.1) is 0 Å². The molecule has 38 heteroatoms. The number of rotatable bonds is 25. The van der Waals surface area contributed by atoms with E-state index in [0.717, 1.165) is 13.8 Å². The first kappa shape index (κ1) is 70.7. The van der Waals surface area contributed by atoms with Crippen LogP contribution < -0.4 is 10.6 Å². The van der Waals surface area contributed by atoms with Gasteiger partial charge in [0.15, 0.2) is 37.7 Å². The first-order valence-corrected chi connectivity index (χ1v) is 26.5. The fourth-order valence-electron chi connectivity index (χ4n) is 10.2. The molecule has 84 heavy (non-hydrogen) atoms. The third-order valence-corrected chi connectivity index (χ3v) is 15.0. The fourth-order valence-corrected chi connectivity index (χ4v) is 10.2. The summed E-state index contributed by atoms with van der Waals surface area (Å²) in [6, 6.07) is -3.45. The van der Waals surface area contributed by atoms with E-state index >= 15 is 0 Å². The molecular formula is C46H80N2O36. The van der Waals surface area contributed by atoms with Crippen molar-refractivity contribution in [2.75, 3.05) is 52.9 Å². The summed E-state index contributed by atoms with van der Waals surface area (Å²) in [6.45, 7) is -6.04. The van der Waals surface area contributed by atoms with Gasteiger partial charge in [0.05, 0.1) is 58.9 Å². The minimum Gasteiger partial charge on any atom is -0.394 e.